The monoisotopic (exact) mass is 402 g/mol. The van der Waals surface area contributed by atoms with Crippen LogP contribution in [0.15, 0.2) is 34.3 Å². The highest BCUT2D eigenvalue weighted by Gasteiger charge is 2.31. The molecule has 27 heavy (non-hydrogen) atoms. The summed E-state index contributed by atoms with van der Waals surface area (Å²) < 4.78 is 2.23. The molecule has 2 heterocycles. The lowest BCUT2D eigenvalue weighted by molar-refractivity contribution is -0.120. The van der Waals surface area contributed by atoms with Crippen molar-refractivity contribution in [3.05, 3.63) is 29.2 Å². The molecule has 2 aliphatic rings. The second-order valence-electron chi connectivity index (χ2n) is 7.29. The minimum atomic E-state index is -0.178. The van der Waals surface area contributed by atoms with E-state index in [0.717, 1.165) is 28.8 Å². The van der Waals surface area contributed by atoms with Gasteiger partial charge < -0.3 is 5.32 Å². The fourth-order valence-electron chi connectivity index (χ4n) is 3.43. The summed E-state index contributed by atoms with van der Waals surface area (Å²) in [5, 5.41) is 14.7. The Morgan fingerprint density at radius 2 is 2.30 bits per heavy atom. The number of nitrogens with one attached hydrogen (secondary N) is 1. The molecule has 2 aromatic rings. The van der Waals surface area contributed by atoms with E-state index in [1.165, 1.54) is 55.9 Å². The molecule has 1 N–H and O–H groups in total. The number of hydrogen-bond acceptors (Lipinski definition) is 5. The van der Waals surface area contributed by atoms with E-state index < -0.39 is 0 Å². The van der Waals surface area contributed by atoms with Gasteiger partial charge in [-0.05, 0) is 63.3 Å². The maximum Gasteiger partial charge on any atom is 0.233 e. The van der Waals surface area contributed by atoms with Crippen LogP contribution in [0.5, 0.6) is 0 Å². The number of nitrogens with zero attached hydrogens (tertiary/aromatic N) is 3. The first-order valence-corrected chi connectivity index (χ1v) is 11.6. The van der Waals surface area contributed by atoms with Gasteiger partial charge >= 0.3 is 0 Å². The number of carbonyl (C=O) groups is 1. The van der Waals surface area contributed by atoms with E-state index in [1.54, 1.807) is 11.3 Å². The topological polar surface area (TPSA) is 59.8 Å². The molecule has 2 aliphatic carbocycles. The molecule has 7 heteroatoms. The zero-order valence-corrected chi connectivity index (χ0v) is 17.3. The summed E-state index contributed by atoms with van der Waals surface area (Å²) in [6.45, 7) is 2.68. The first kappa shape index (κ1) is 18.7. The van der Waals surface area contributed by atoms with Crippen LogP contribution in [-0.4, -0.2) is 32.5 Å². The molecular weight excluding hydrogens is 376 g/mol. The Kier molecular flexibility index (Phi) is 5.98. The lowest BCUT2D eigenvalue weighted by Gasteiger charge is -2.15. The third-order valence-electron chi connectivity index (χ3n) is 5.10. The van der Waals surface area contributed by atoms with Crippen LogP contribution in [-0.2, 0) is 4.79 Å². The molecule has 144 valence electrons. The van der Waals surface area contributed by atoms with Gasteiger partial charge in [0, 0.05) is 12.6 Å². The second-order valence-corrected chi connectivity index (χ2v) is 9.55. The van der Waals surface area contributed by atoms with Gasteiger partial charge in [0.05, 0.1) is 10.1 Å². The quantitative estimate of drug-likeness (QED) is 0.507. The fourth-order valence-corrected chi connectivity index (χ4v) is 5.08. The Morgan fingerprint density at radius 1 is 1.41 bits per heavy atom. The SMILES string of the molecule is C[C@H](Sc1nnc(-c2cccs2)n1C1CC1)C(=O)NCCC1=CCCCC1. The molecule has 1 fully saturated rings. The number of thioether (sulfide) groups is 1. The Bertz CT molecular complexity index is 808. The van der Waals surface area contributed by atoms with Gasteiger partial charge in [-0.25, -0.2) is 0 Å². The average Bonchev–Trinajstić information content (AvgIpc) is 3.21. The number of hydrogen-bond donors (Lipinski definition) is 1. The zero-order chi connectivity index (χ0) is 18.6. The highest BCUT2D eigenvalue weighted by atomic mass is 32.2. The summed E-state index contributed by atoms with van der Waals surface area (Å²) in [6, 6.07) is 4.60. The molecular formula is C20H26N4OS2. The number of carbonyl (C=O) groups excluding carboxylic acids is 1. The van der Waals surface area contributed by atoms with Crippen LogP contribution in [0.3, 0.4) is 0 Å². The normalized spacial score (nSPS) is 18.2. The summed E-state index contributed by atoms with van der Waals surface area (Å²) in [4.78, 5) is 13.7. The van der Waals surface area contributed by atoms with Gasteiger partial charge in [0.15, 0.2) is 11.0 Å². The fraction of sp³-hybridized carbons (Fsp3) is 0.550. The van der Waals surface area contributed by atoms with Crippen LogP contribution in [0.4, 0.5) is 0 Å². The van der Waals surface area contributed by atoms with Crippen LogP contribution < -0.4 is 5.32 Å². The maximum atomic E-state index is 12.5. The van der Waals surface area contributed by atoms with Crippen molar-refractivity contribution >= 4 is 29.0 Å². The van der Waals surface area contributed by atoms with Crippen molar-refractivity contribution in [2.45, 2.75) is 68.3 Å². The number of thiophene rings is 1. The molecule has 1 atom stereocenters. The first-order valence-electron chi connectivity index (χ1n) is 9.83. The highest BCUT2D eigenvalue weighted by molar-refractivity contribution is 8.00. The third-order valence-corrected chi connectivity index (χ3v) is 7.02. The van der Waals surface area contributed by atoms with Crippen molar-refractivity contribution in [2.24, 2.45) is 0 Å². The molecule has 0 saturated heterocycles. The van der Waals surface area contributed by atoms with Gasteiger partial charge in [0.1, 0.15) is 0 Å². The van der Waals surface area contributed by atoms with Crippen molar-refractivity contribution in [3.8, 4) is 10.7 Å². The van der Waals surface area contributed by atoms with Gasteiger partial charge in [-0.3, -0.25) is 9.36 Å². The highest BCUT2D eigenvalue weighted by Crippen LogP contribution is 2.42. The van der Waals surface area contributed by atoms with Gasteiger partial charge in [-0.1, -0.05) is 29.5 Å². The van der Waals surface area contributed by atoms with Crippen molar-refractivity contribution in [2.75, 3.05) is 6.54 Å². The Hall–Kier alpha value is -1.60. The minimum Gasteiger partial charge on any atom is -0.355 e. The molecule has 0 unspecified atom stereocenters. The van der Waals surface area contributed by atoms with Crippen molar-refractivity contribution in [1.82, 2.24) is 20.1 Å². The second kappa shape index (κ2) is 8.61. The smallest absolute Gasteiger partial charge is 0.233 e. The lowest BCUT2D eigenvalue weighted by Crippen LogP contribution is -2.32. The number of aromatic nitrogens is 3. The molecule has 1 saturated carbocycles. The molecule has 1 amide bonds. The van der Waals surface area contributed by atoms with Crippen LogP contribution in [0.25, 0.3) is 10.7 Å². The molecule has 0 radical (unpaired) electrons. The Balaban J connectivity index is 1.35. The summed E-state index contributed by atoms with van der Waals surface area (Å²) in [5.74, 6) is 1.02. The van der Waals surface area contributed by atoms with Gasteiger partial charge in [-0.15, -0.1) is 21.5 Å². The molecule has 2 aromatic heterocycles. The predicted octanol–water partition coefficient (Wildman–Crippen LogP) is 4.83. The summed E-state index contributed by atoms with van der Waals surface area (Å²) >= 11 is 3.20. The summed E-state index contributed by atoms with van der Waals surface area (Å²) in [5.41, 5.74) is 1.50. The molecule has 0 aliphatic heterocycles. The molecule has 0 spiro atoms. The predicted molar refractivity (Wildman–Crippen MR) is 111 cm³/mol. The first-order chi connectivity index (χ1) is 13.2. The van der Waals surface area contributed by atoms with E-state index >= 15 is 0 Å². The average molecular weight is 403 g/mol. The number of amides is 1. The minimum absolute atomic E-state index is 0.0828. The van der Waals surface area contributed by atoms with E-state index in [0.29, 0.717) is 6.04 Å². The third kappa shape index (κ3) is 4.63. The van der Waals surface area contributed by atoms with Crippen LogP contribution in [0.2, 0.25) is 0 Å². The van der Waals surface area contributed by atoms with Crippen LogP contribution in [0.1, 0.15) is 57.9 Å². The summed E-state index contributed by atoms with van der Waals surface area (Å²) in [6.07, 6.45) is 10.6. The van der Waals surface area contributed by atoms with E-state index in [1.807, 2.05) is 13.0 Å². The van der Waals surface area contributed by atoms with E-state index in [-0.39, 0.29) is 11.2 Å². The zero-order valence-electron chi connectivity index (χ0n) is 15.7. The van der Waals surface area contributed by atoms with Crippen molar-refractivity contribution in [3.63, 3.8) is 0 Å². The Labute approximate surface area is 168 Å². The standard InChI is InChI=1S/C20H26N4OS2/c1-14(19(25)21-12-11-15-6-3-2-4-7-15)27-20-23-22-18(17-8-5-13-26-17)24(20)16-9-10-16/h5-6,8,13-14,16H,2-4,7,9-12H2,1H3,(H,21,25)/t14-/m0/s1. The van der Waals surface area contributed by atoms with E-state index in [9.17, 15) is 4.79 Å². The van der Waals surface area contributed by atoms with Crippen molar-refractivity contribution < 1.29 is 4.79 Å². The molecule has 0 aromatic carbocycles. The molecule has 4 rings (SSSR count). The molecule has 0 bridgehead atoms. The lowest BCUT2D eigenvalue weighted by atomic mass is 9.97. The van der Waals surface area contributed by atoms with Crippen LogP contribution in [0, 0.1) is 0 Å². The van der Waals surface area contributed by atoms with Gasteiger partial charge in [-0.2, -0.15) is 0 Å². The van der Waals surface area contributed by atoms with E-state index in [2.05, 4.69) is 37.6 Å². The van der Waals surface area contributed by atoms with Crippen LogP contribution >= 0.6 is 23.1 Å². The number of rotatable bonds is 8. The van der Waals surface area contributed by atoms with Gasteiger partial charge in [0.2, 0.25) is 5.91 Å². The number of allylic oxidation sites excluding steroid dienone is 1. The van der Waals surface area contributed by atoms with Gasteiger partial charge in [0.25, 0.3) is 0 Å². The Morgan fingerprint density at radius 3 is 3.00 bits per heavy atom. The molecule has 5 nitrogen and oxygen atoms in total. The maximum absolute atomic E-state index is 12.5. The summed E-state index contributed by atoms with van der Waals surface area (Å²) in [7, 11) is 0. The van der Waals surface area contributed by atoms with Crippen molar-refractivity contribution in [1.29, 1.82) is 0 Å². The largest absolute Gasteiger partial charge is 0.355 e. The van der Waals surface area contributed by atoms with E-state index in [4.69, 9.17) is 0 Å².